The van der Waals surface area contributed by atoms with Crippen molar-refractivity contribution in [2.45, 2.75) is 556 Å². The Kier molecular flexibility index (Phi) is 83.6. The second-order valence-corrected chi connectivity index (χ2v) is 39.5. The van der Waals surface area contributed by atoms with Crippen LogP contribution in [0.15, 0.2) is 0 Å². The largest absolute Gasteiger partial charge is 0.466 e. The van der Waals surface area contributed by atoms with Gasteiger partial charge in [-0.2, -0.15) is 0 Å². The number of ether oxygens (including phenoxy) is 7. The lowest BCUT2D eigenvalue weighted by atomic mass is 9.71. The van der Waals surface area contributed by atoms with Crippen LogP contribution in [-0.2, 0) is 52.3 Å². The Morgan fingerprint density at radius 1 is 0.336 bits per heavy atom. The first kappa shape index (κ1) is 118. The first-order chi connectivity index (χ1) is 59.6. The number of carbonyl (C=O) groups is 4. The normalized spacial score (nSPS) is 15.5. The van der Waals surface area contributed by atoms with Crippen molar-refractivity contribution in [3.63, 3.8) is 0 Å². The van der Waals surface area contributed by atoms with Crippen LogP contribution in [-0.4, -0.2) is 132 Å². The summed E-state index contributed by atoms with van der Waals surface area (Å²) in [5.74, 6) is 2.93. The fourth-order valence-electron chi connectivity index (χ4n) is 19.2. The lowest BCUT2D eigenvalue weighted by molar-refractivity contribution is -0.180. The van der Waals surface area contributed by atoms with E-state index < -0.39 is 5.79 Å². The number of hydrogen-bond donors (Lipinski definition) is 0. The summed E-state index contributed by atoms with van der Waals surface area (Å²) >= 11 is 0. The highest BCUT2D eigenvalue weighted by Crippen LogP contribution is 2.40. The van der Waals surface area contributed by atoms with E-state index in [1.165, 1.54) is 308 Å². The second-order valence-electron chi connectivity index (χ2n) is 39.5. The molecule has 1 aliphatic heterocycles. The van der Waals surface area contributed by atoms with Gasteiger partial charge in [0.25, 0.3) is 0 Å². The first-order valence-electron chi connectivity index (χ1n) is 54.5. The number of nitrogens with zero attached hydrogens (tertiary/aromatic N) is 2. The summed E-state index contributed by atoms with van der Waals surface area (Å²) in [7, 11) is 4.41. The van der Waals surface area contributed by atoms with Crippen molar-refractivity contribution in [3.8, 4) is 0 Å². The SMILES string of the molecule is CCCCCC(CCCCC)CCOC(=O)CCCCCCCCCC(CCCCCCCCCC(=O)OCC(C(CCCCC)CCCCC)C(CCC)CC(CCCCC)CC(=O)OCCCCCCCCCCC1(CCCCCCCCCCOC(=O)CC(CCCCC)CCCCC)OCC(CCN(C)C(C)C)O1)COCCCN(C)CC. The predicted molar refractivity (Wildman–Crippen MR) is 521 cm³/mol. The highest BCUT2D eigenvalue weighted by atomic mass is 16.7. The molecule has 0 amide bonds. The summed E-state index contributed by atoms with van der Waals surface area (Å²) in [6, 6.07) is 0.520. The fourth-order valence-corrected chi connectivity index (χ4v) is 19.2. The summed E-state index contributed by atoms with van der Waals surface area (Å²) in [5.41, 5.74) is 0. The second kappa shape index (κ2) is 86.7. The van der Waals surface area contributed by atoms with Crippen molar-refractivity contribution < 1.29 is 52.3 Å². The highest BCUT2D eigenvalue weighted by molar-refractivity contribution is 5.70. The van der Waals surface area contributed by atoms with Crippen LogP contribution in [0.2, 0.25) is 0 Å². The maximum atomic E-state index is 13.9. The van der Waals surface area contributed by atoms with Gasteiger partial charge in [0, 0.05) is 70.9 Å². The Hall–Kier alpha value is -2.32. The topological polar surface area (TPSA) is 139 Å². The summed E-state index contributed by atoms with van der Waals surface area (Å²) < 4.78 is 44.0. The van der Waals surface area contributed by atoms with E-state index in [2.05, 4.69) is 100 Å². The lowest BCUT2D eigenvalue weighted by Gasteiger charge is -2.36. The zero-order valence-corrected chi connectivity index (χ0v) is 84.1. The lowest BCUT2D eigenvalue weighted by Crippen LogP contribution is -2.33. The van der Waals surface area contributed by atoms with E-state index in [4.69, 9.17) is 33.2 Å². The average Bonchev–Trinajstić information content (AvgIpc) is 1.71. The molecular formula is C109H212N2O11. The zero-order chi connectivity index (χ0) is 89.1. The molecule has 1 heterocycles. The van der Waals surface area contributed by atoms with Crippen LogP contribution >= 0.6 is 0 Å². The van der Waals surface area contributed by atoms with Crippen molar-refractivity contribution in [2.75, 3.05) is 80.0 Å². The van der Waals surface area contributed by atoms with Crippen LogP contribution in [0.25, 0.3) is 0 Å². The minimum atomic E-state index is -0.439. The minimum absolute atomic E-state index is 0.00649. The molecule has 724 valence electrons. The molecule has 0 aromatic heterocycles. The predicted octanol–water partition coefficient (Wildman–Crippen LogP) is 32.1. The number of carbonyl (C=O) groups excluding carboxylic acids is 4. The molecular weight excluding hydrogens is 1510 g/mol. The fraction of sp³-hybridized carbons (Fsp3) is 0.963. The standard InChI is InChI=1S/C109H212N2O11/c1-14-23-52-69-97(70-53-24-15-2)81-89-119-105(112)78-61-46-38-34-36-44-59-73-99(93-116-86-67-84-110(12)22-9)74-60-45-37-35-39-47-62-79-106(113)120-95-104(101(76-57-28-19-6)77-58-29-20-7)102(68-21-8)90-100(75-56-27-18-5)92-108(115)118-88-66-51-43-33-31-41-49-64-83-109(121-94-103(122-109)80-85-111(13)96(10)11)82-63-48-40-30-32-42-50-65-87-117-107(114)91-98(71-54-25-16-3)72-55-26-17-4/h96-104H,14-95H2,1-13H3. The van der Waals surface area contributed by atoms with Crippen molar-refractivity contribution in [1.82, 2.24) is 9.80 Å². The summed E-state index contributed by atoms with van der Waals surface area (Å²) in [6.07, 6.45) is 82.9. The molecule has 0 aromatic rings. The molecule has 13 nitrogen and oxygen atoms in total. The van der Waals surface area contributed by atoms with Gasteiger partial charge in [0.15, 0.2) is 5.79 Å². The Balaban J connectivity index is 2.70. The minimum Gasteiger partial charge on any atom is -0.466 e. The highest BCUT2D eigenvalue weighted by Gasteiger charge is 2.41. The van der Waals surface area contributed by atoms with Gasteiger partial charge in [-0.15, -0.1) is 0 Å². The molecule has 122 heavy (non-hydrogen) atoms. The molecule has 0 aromatic carbocycles. The van der Waals surface area contributed by atoms with E-state index in [0.29, 0.717) is 100 Å². The molecule has 6 unspecified atom stereocenters. The van der Waals surface area contributed by atoms with Gasteiger partial charge in [0.1, 0.15) is 0 Å². The monoisotopic (exact) mass is 1730 g/mol. The average molecular weight is 1730 g/mol. The molecule has 0 radical (unpaired) electrons. The van der Waals surface area contributed by atoms with E-state index >= 15 is 0 Å². The number of unbranched alkanes of at least 4 members (excludes halogenated alkanes) is 40. The van der Waals surface area contributed by atoms with E-state index in [9.17, 15) is 19.2 Å². The van der Waals surface area contributed by atoms with E-state index in [1.807, 2.05) is 0 Å². The van der Waals surface area contributed by atoms with Crippen molar-refractivity contribution >= 4 is 23.9 Å². The third-order valence-electron chi connectivity index (χ3n) is 27.8. The van der Waals surface area contributed by atoms with E-state index in [-0.39, 0.29) is 35.9 Å². The van der Waals surface area contributed by atoms with Crippen molar-refractivity contribution in [1.29, 1.82) is 0 Å². The molecule has 1 saturated heterocycles. The maximum Gasteiger partial charge on any atom is 0.306 e. The molecule has 13 heteroatoms. The number of rotatable bonds is 96. The third-order valence-corrected chi connectivity index (χ3v) is 27.8. The Morgan fingerprint density at radius 2 is 0.713 bits per heavy atom. The summed E-state index contributed by atoms with van der Waals surface area (Å²) in [5, 5.41) is 0. The molecule has 1 aliphatic rings. The Morgan fingerprint density at radius 3 is 1.16 bits per heavy atom. The Labute approximate surface area is 759 Å². The van der Waals surface area contributed by atoms with Crippen LogP contribution in [0.3, 0.4) is 0 Å². The van der Waals surface area contributed by atoms with Crippen LogP contribution < -0.4 is 0 Å². The van der Waals surface area contributed by atoms with Gasteiger partial charge in [-0.3, -0.25) is 19.2 Å². The molecule has 1 fully saturated rings. The quantitative estimate of drug-likeness (QED) is 0.0325. The first-order valence-corrected chi connectivity index (χ1v) is 54.5. The van der Waals surface area contributed by atoms with Gasteiger partial charge >= 0.3 is 23.9 Å². The molecule has 1 rings (SSSR count). The number of esters is 4. The van der Waals surface area contributed by atoms with Crippen molar-refractivity contribution in [3.05, 3.63) is 0 Å². The van der Waals surface area contributed by atoms with Gasteiger partial charge in [0.05, 0.1) is 39.1 Å². The smallest absolute Gasteiger partial charge is 0.306 e. The van der Waals surface area contributed by atoms with Crippen LogP contribution in [0, 0.1) is 41.4 Å². The van der Waals surface area contributed by atoms with Gasteiger partial charge in [0.2, 0.25) is 0 Å². The van der Waals surface area contributed by atoms with Crippen LogP contribution in [0.4, 0.5) is 0 Å². The third kappa shape index (κ3) is 70.6. The van der Waals surface area contributed by atoms with Crippen LogP contribution in [0.1, 0.15) is 538 Å². The molecule has 0 bridgehead atoms. The van der Waals surface area contributed by atoms with Gasteiger partial charge in [-0.25, -0.2) is 0 Å². The van der Waals surface area contributed by atoms with Gasteiger partial charge in [-0.05, 0) is 172 Å². The summed E-state index contributed by atoms with van der Waals surface area (Å²) in [6.45, 7) is 32.9. The number of hydrogen-bond acceptors (Lipinski definition) is 13. The van der Waals surface area contributed by atoms with Gasteiger partial charge in [-0.1, -0.05) is 390 Å². The van der Waals surface area contributed by atoms with E-state index in [0.717, 1.165) is 161 Å². The maximum absolute atomic E-state index is 13.9. The van der Waals surface area contributed by atoms with Crippen LogP contribution in [0.5, 0.6) is 0 Å². The molecule has 0 aliphatic carbocycles. The molecule has 0 N–H and O–H groups in total. The molecule has 0 saturated carbocycles. The van der Waals surface area contributed by atoms with Crippen molar-refractivity contribution in [2.24, 2.45) is 41.4 Å². The zero-order valence-electron chi connectivity index (χ0n) is 84.1. The summed E-state index contributed by atoms with van der Waals surface area (Å²) in [4.78, 5) is 57.8. The van der Waals surface area contributed by atoms with Gasteiger partial charge < -0.3 is 43.0 Å². The molecule has 6 atom stereocenters. The van der Waals surface area contributed by atoms with E-state index in [1.54, 1.807) is 0 Å². The Bertz CT molecular complexity index is 2220. The molecule has 0 spiro atoms.